The third kappa shape index (κ3) is 9.41. The molecule has 0 bridgehead atoms. The summed E-state index contributed by atoms with van der Waals surface area (Å²) in [6.07, 6.45) is 5.23. The fourth-order valence-corrected chi connectivity index (χ4v) is 1.40. The number of hydrogen-bond donors (Lipinski definition) is 2. The molecule has 23 heavy (non-hydrogen) atoms. The minimum Gasteiger partial charge on any atom is -0.478 e. The van der Waals surface area contributed by atoms with Gasteiger partial charge >= 0.3 is 17.9 Å². The topological polar surface area (TPSA) is 101 Å². The van der Waals surface area contributed by atoms with E-state index in [1.54, 1.807) is 24.3 Å². The maximum absolute atomic E-state index is 11.7. The number of hydrogen-bond acceptors (Lipinski definition) is 4. The Kier molecular flexibility index (Phi) is 9.93. The molecule has 1 aromatic rings. The number of ether oxygens (including phenoxy) is 1. The van der Waals surface area contributed by atoms with E-state index in [2.05, 4.69) is 13.2 Å². The molecule has 122 valence electrons. The summed E-state index contributed by atoms with van der Waals surface area (Å²) in [5, 5.41) is 16.1. The highest BCUT2D eigenvalue weighted by molar-refractivity contribution is 5.91. The van der Waals surface area contributed by atoms with Crippen LogP contribution in [-0.4, -0.2) is 34.7 Å². The van der Waals surface area contributed by atoms with Crippen molar-refractivity contribution in [2.24, 2.45) is 0 Å². The van der Waals surface area contributed by atoms with Crippen LogP contribution in [0.2, 0.25) is 0 Å². The minimum absolute atomic E-state index is 0.151. The van der Waals surface area contributed by atoms with Crippen molar-refractivity contribution in [1.29, 1.82) is 0 Å². The van der Waals surface area contributed by atoms with E-state index >= 15 is 0 Å². The van der Waals surface area contributed by atoms with Crippen LogP contribution < -0.4 is 0 Å². The van der Waals surface area contributed by atoms with E-state index in [0.29, 0.717) is 12.0 Å². The predicted octanol–water partition coefficient (Wildman–Crippen LogP) is 2.47. The number of carbonyl (C=O) groups is 3. The highest BCUT2D eigenvalue weighted by atomic mass is 16.5. The van der Waals surface area contributed by atoms with Crippen molar-refractivity contribution < 1.29 is 29.3 Å². The summed E-state index contributed by atoms with van der Waals surface area (Å²) in [7, 11) is 0. The summed E-state index contributed by atoms with van der Waals surface area (Å²) in [6, 6.07) is 6.93. The number of benzene rings is 1. The Labute approximate surface area is 134 Å². The Morgan fingerprint density at radius 2 is 1.70 bits per heavy atom. The zero-order chi connectivity index (χ0) is 17.7. The number of carboxylic acid groups (broad SMARTS) is 2. The number of rotatable bonds is 7. The van der Waals surface area contributed by atoms with Crippen molar-refractivity contribution in [2.45, 2.75) is 6.42 Å². The van der Waals surface area contributed by atoms with Gasteiger partial charge in [0.1, 0.15) is 6.61 Å². The first kappa shape index (κ1) is 19.9. The van der Waals surface area contributed by atoms with Crippen LogP contribution in [0.25, 0.3) is 0 Å². The van der Waals surface area contributed by atoms with E-state index in [1.807, 2.05) is 0 Å². The van der Waals surface area contributed by atoms with E-state index < -0.39 is 17.9 Å². The van der Waals surface area contributed by atoms with Crippen LogP contribution in [0.4, 0.5) is 0 Å². The molecule has 0 saturated carbocycles. The van der Waals surface area contributed by atoms with Crippen LogP contribution in [0.15, 0.2) is 61.7 Å². The first-order valence-electron chi connectivity index (χ1n) is 6.53. The Hall–Kier alpha value is -3.15. The molecular weight excluding hydrogens is 300 g/mol. The lowest BCUT2D eigenvalue weighted by molar-refractivity contribution is -0.132. The van der Waals surface area contributed by atoms with Gasteiger partial charge in [-0.2, -0.15) is 0 Å². The summed E-state index contributed by atoms with van der Waals surface area (Å²) < 4.78 is 4.95. The van der Waals surface area contributed by atoms with Crippen LogP contribution >= 0.6 is 0 Å². The van der Waals surface area contributed by atoms with Gasteiger partial charge in [0.05, 0.1) is 5.56 Å². The van der Waals surface area contributed by atoms with Crippen LogP contribution in [0.1, 0.15) is 15.9 Å². The maximum Gasteiger partial charge on any atom is 0.338 e. The van der Waals surface area contributed by atoms with Gasteiger partial charge in [-0.05, 0) is 18.1 Å². The molecule has 2 N–H and O–H groups in total. The van der Waals surface area contributed by atoms with Crippen molar-refractivity contribution in [2.75, 3.05) is 6.61 Å². The molecular formula is C17H18O6. The van der Waals surface area contributed by atoms with Gasteiger partial charge in [0.15, 0.2) is 0 Å². The Morgan fingerprint density at radius 1 is 1.09 bits per heavy atom. The van der Waals surface area contributed by atoms with Gasteiger partial charge in [0.2, 0.25) is 0 Å². The van der Waals surface area contributed by atoms with Crippen molar-refractivity contribution in [3.05, 3.63) is 72.9 Å². The van der Waals surface area contributed by atoms with E-state index in [4.69, 9.17) is 14.9 Å². The van der Waals surface area contributed by atoms with Gasteiger partial charge in [0, 0.05) is 12.2 Å². The van der Waals surface area contributed by atoms with Crippen LogP contribution in [0.5, 0.6) is 0 Å². The Morgan fingerprint density at radius 3 is 2.22 bits per heavy atom. The molecule has 0 aliphatic carbocycles. The Bertz CT molecular complexity index is 601. The summed E-state index contributed by atoms with van der Waals surface area (Å²) in [4.78, 5) is 31.3. The highest BCUT2D eigenvalue weighted by Gasteiger charge is 2.10. The van der Waals surface area contributed by atoms with Crippen LogP contribution in [0.3, 0.4) is 0 Å². The van der Waals surface area contributed by atoms with Crippen molar-refractivity contribution >= 4 is 17.9 Å². The predicted molar refractivity (Wildman–Crippen MR) is 85.2 cm³/mol. The second kappa shape index (κ2) is 11.5. The summed E-state index contributed by atoms with van der Waals surface area (Å²) in [5.74, 6) is -2.43. The number of carboxylic acids is 2. The van der Waals surface area contributed by atoms with Gasteiger partial charge < -0.3 is 14.9 Å². The number of esters is 1. The second-order valence-corrected chi connectivity index (χ2v) is 4.03. The second-order valence-electron chi connectivity index (χ2n) is 4.03. The van der Waals surface area contributed by atoms with Gasteiger partial charge in [-0.25, -0.2) is 14.4 Å². The summed E-state index contributed by atoms with van der Waals surface area (Å²) in [6.45, 7) is 6.58. The van der Waals surface area contributed by atoms with E-state index in [1.165, 1.54) is 12.2 Å². The van der Waals surface area contributed by atoms with Gasteiger partial charge in [0.25, 0.3) is 0 Å². The van der Waals surface area contributed by atoms with Crippen molar-refractivity contribution in [3.63, 3.8) is 0 Å². The largest absolute Gasteiger partial charge is 0.478 e. The standard InChI is InChI=1S/C14H14O4.C3H4O2/c1-2-10-18-14(17)12-8-4-3-6-11(12)7-5-9-13(15)16;1-2-3(4)5/h2-6,8-9H,1,7,10H2,(H,15,16);2H,1H2,(H,4,5)/b9-5+;. The molecule has 0 aliphatic heterocycles. The Balaban J connectivity index is 0.000000841. The molecule has 0 aliphatic rings. The SMILES string of the molecule is C=CC(=O)O.C=CCOC(=O)c1ccccc1C/C=C/C(=O)O. The smallest absolute Gasteiger partial charge is 0.338 e. The number of aliphatic carboxylic acids is 2. The van der Waals surface area contributed by atoms with E-state index in [0.717, 1.165) is 17.7 Å². The fraction of sp³-hybridized carbons (Fsp3) is 0.118. The van der Waals surface area contributed by atoms with Crippen LogP contribution in [-0.2, 0) is 20.7 Å². The van der Waals surface area contributed by atoms with Gasteiger partial charge in [-0.3, -0.25) is 0 Å². The van der Waals surface area contributed by atoms with Crippen molar-refractivity contribution in [1.82, 2.24) is 0 Å². The minimum atomic E-state index is -1.01. The van der Waals surface area contributed by atoms with Gasteiger partial charge in [-0.15, -0.1) is 0 Å². The zero-order valence-corrected chi connectivity index (χ0v) is 12.5. The molecule has 6 nitrogen and oxygen atoms in total. The molecule has 0 spiro atoms. The lowest BCUT2D eigenvalue weighted by atomic mass is 10.0. The summed E-state index contributed by atoms with van der Waals surface area (Å²) >= 11 is 0. The lowest BCUT2D eigenvalue weighted by Gasteiger charge is -2.06. The number of allylic oxidation sites excluding steroid dienone is 1. The molecule has 0 amide bonds. The first-order valence-corrected chi connectivity index (χ1v) is 6.53. The third-order valence-electron chi connectivity index (χ3n) is 2.34. The zero-order valence-electron chi connectivity index (χ0n) is 12.5. The first-order chi connectivity index (χ1) is 10.9. The molecule has 0 atom stereocenters. The average Bonchev–Trinajstić information content (AvgIpc) is 2.53. The molecule has 0 heterocycles. The maximum atomic E-state index is 11.7. The highest BCUT2D eigenvalue weighted by Crippen LogP contribution is 2.11. The molecule has 1 aromatic carbocycles. The average molecular weight is 318 g/mol. The molecule has 6 heteroatoms. The molecule has 0 fully saturated rings. The molecule has 0 unspecified atom stereocenters. The lowest BCUT2D eigenvalue weighted by Crippen LogP contribution is -2.08. The van der Waals surface area contributed by atoms with Crippen LogP contribution in [0, 0.1) is 0 Å². The van der Waals surface area contributed by atoms with E-state index in [-0.39, 0.29) is 6.61 Å². The molecule has 1 rings (SSSR count). The fourth-order valence-electron chi connectivity index (χ4n) is 1.40. The molecule has 0 saturated heterocycles. The monoisotopic (exact) mass is 318 g/mol. The molecule has 0 radical (unpaired) electrons. The summed E-state index contributed by atoms with van der Waals surface area (Å²) in [5.41, 5.74) is 1.17. The third-order valence-corrected chi connectivity index (χ3v) is 2.34. The van der Waals surface area contributed by atoms with Gasteiger partial charge in [-0.1, -0.05) is 43.5 Å². The van der Waals surface area contributed by atoms with E-state index in [9.17, 15) is 14.4 Å². The van der Waals surface area contributed by atoms with Crippen molar-refractivity contribution in [3.8, 4) is 0 Å². The molecule has 0 aromatic heterocycles. The quantitative estimate of drug-likeness (QED) is 0.455. The number of carbonyl (C=O) groups excluding carboxylic acids is 1. The normalized spacial score (nSPS) is 9.39.